The molecule has 0 aliphatic carbocycles. The minimum absolute atomic E-state index is 0.00504. The van der Waals surface area contributed by atoms with E-state index in [1.807, 2.05) is 66.7 Å². The van der Waals surface area contributed by atoms with E-state index in [1.54, 1.807) is 6.20 Å². The zero-order valence-corrected chi connectivity index (χ0v) is 34.9. The number of fused-ring (bicyclic) bond motifs is 2. The number of guanidine groups is 1. The number of H-pyrrole nitrogens is 1. The first-order valence-electron chi connectivity index (χ1n) is 20.6. The fraction of sp³-hybridized carbons (Fsp3) is 0.372. The van der Waals surface area contributed by atoms with Crippen LogP contribution in [0, 0.1) is 0 Å². The van der Waals surface area contributed by atoms with E-state index >= 15 is 0 Å². The van der Waals surface area contributed by atoms with Crippen LogP contribution in [0.1, 0.15) is 43.7 Å². The molecule has 4 atom stereocenters. The summed E-state index contributed by atoms with van der Waals surface area (Å²) in [4.78, 5) is 113. The lowest BCUT2D eigenvalue weighted by atomic mass is 10.0. The molecule has 5 rings (SSSR count). The van der Waals surface area contributed by atoms with Crippen molar-refractivity contribution in [1.29, 1.82) is 0 Å². The number of nitrogens with zero attached hydrogens (tertiary/aromatic N) is 1. The number of nitrogens with one attached hydrogen (secondary N) is 9. The van der Waals surface area contributed by atoms with Gasteiger partial charge in [0.1, 0.15) is 24.2 Å². The summed E-state index contributed by atoms with van der Waals surface area (Å²) in [6, 6.07) is 15.9. The van der Waals surface area contributed by atoms with Crippen molar-refractivity contribution in [3.05, 3.63) is 84.1 Å². The maximum Gasteiger partial charge on any atom is 0.243 e. The lowest BCUT2D eigenvalue weighted by Crippen LogP contribution is -2.56. The maximum atomic E-state index is 13.8. The second kappa shape index (κ2) is 22.9. The van der Waals surface area contributed by atoms with Gasteiger partial charge in [0.05, 0.1) is 13.1 Å². The summed E-state index contributed by atoms with van der Waals surface area (Å²) < 4.78 is 0. The van der Waals surface area contributed by atoms with Crippen molar-refractivity contribution in [1.82, 2.24) is 47.5 Å². The van der Waals surface area contributed by atoms with Gasteiger partial charge in [0.25, 0.3) is 0 Å². The summed E-state index contributed by atoms with van der Waals surface area (Å²) in [5.41, 5.74) is 13.1. The number of hydrogen-bond donors (Lipinski definition) is 11. The van der Waals surface area contributed by atoms with Crippen molar-refractivity contribution >= 4 is 74.9 Å². The predicted octanol–water partition coefficient (Wildman–Crippen LogP) is -1.62. The fourth-order valence-electron chi connectivity index (χ4n) is 7.05. The standard InChI is InChI=1S/C43H54N12O8/c1-25(56)52-32(11-6-16-48-43(44)45)42(63)55-33-14-15-36(57)46-17-18-47-40(61)35(21-29-22-49-31-10-5-4-9-30(29)31)54-38(59)24-51-41(62)34(53-37(58)23-50-39(33)60)20-26-12-13-27-7-2-3-8-28(27)19-26/h2-5,7-10,12-13,19,22,32-35,49H,6,11,14-18,20-21,23-24H2,1H3,(H,46,57)(H,47,61)(H,50,60)(H,51,62)(H,52,56)(H,53,58)(H,54,59)(H,55,63)(H4,44,45,48)/t32-,33+,34-,35-/m1/s1. The molecule has 334 valence electrons. The highest BCUT2D eigenvalue weighted by Gasteiger charge is 2.29. The first kappa shape index (κ1) is 46.6. The Morgan fingerprint density at radius 3 is 2.14 bits per heavy atom. The van der Waals surface area contributed by atoms with Crippen molar-refractivity contribution in [2.24, 2.45) is 16.5 Å². The van der Waals surface area contributed by atoms with Gasteiger partial charge in [-0.2, -0.15) is 0 Å². The van der Waals surface area contributed by atoms with Gasteiger partial charge >= 0.3 is 0 Å². The Kier molecular flexibility index (Phi) is 16.9. The monoisotopic (exact) mass is 866 g/mol. The predicted molar refractivity (Wildman–Crippen MR) is 234 cm³/mol. The number of amides is 8. The molecule has 8 amide bonds. The van der Waals surface area contributed by atoms with Gasteiger partial charge in [0.15, 0.2) is 5.96 Å². The number of carbonyl (C=O) groups excluding carboxylic acids is 8. The quantitative estimate of drug-likeness (QED) is 0.0465. The molecule has 1 aliphatic rings. The molecule has 2 heterocycles. The van der Waals surface area contributed by atoms with Crippen LogP contribution in [0.5, 0.6) is 0 Å². The van der Waals surface area contributed by atoms with Crippen molar-refractivity contribution < 1.29 is 38.4 Å². The smallest absolute Gasteiger partial charge is 0.243 e. The van der Waals surface area contributed by atoms with Gasteiger partial charge in [-0.05, 0) is 47.2 Å². The third kappa shape index (κ3) is 14.6. The van der Waals surface area contributed by atoms with Crippen LogP contribution in [0.4, 0.5) is 0 Å². The summed E-state index contributed by atoms with van der Waals surface area (Å²) in [7, 11) is 0. The molecule has 0 saturated carbocycles. The summed E-state index contributed by atoms with van der Waals surface area (Å²) in [5, 5.41) is 23.6. The SMILES string of the molecule is CC(=O)N[C@H](CCCN=C(N)N)C(=O)N[C@H]1CCC(=O)NCCNC(=O)[C@@H](Cc2c[nH]c3ccccc23)NC(=O)CNC(=O)[C@@H](Cc2ccc3ccccc3c2)NC(=O)CNC1=O. The van der Waals surface area contributed by atoms with E-state index < -0.39 is 84.5 Å². The van der Waals surface area contributed by atoms with Gasteiger partial charge in [-0.1, -0.05) is 60.7 Å². The van der Waals surface area contributed by atoms with Gasteiger partial charge < -0.3 is 59.0 Å². The van der Waals surface area contributed by atoms with Crippen molar-refractivity contribution in [2.75, 3.05) is 32.7 Å². The molecule has 0 radical (unpaired) electrons. The summed E-state index contributed by atoms with van der Waals surface area (Å²) in [5.74, 6) is -5.42. The van der Waals surface area contributed by atoms with Crippen LogP contribution in [0.3, 0.4) is 0 Å². The molecule has 0 bridgehead atoms. The number of nitrogens with two attached hydrogens (primary N) is 2. The zero-order valence-electron chi connectivity index (χ0n) is 34.9. The molecule has 63 heavy (non-hydrogen) atoms. The number of aromatic amines is 1. The Morgan fingerprint density at radius 1 is 0.762 bits per heavy atom. The van der Waals surface area contributed by atoms with Crippen molar-refractivity contribution in [2.45, 2.75) is 69.6 Å². The molecular formula is C43H54N12O8. The number of aliphatic imine (C=N–C) groups is 1. The van der Waals surface area contributed by atoms with E-state index in [-0.39, 0.29) is 57.7 Å². The average molecular weight is 867 g/mol. The Bertz CT molecular complexity index is 2340. The number of hydrogen-bond acceptors (Lipinski definition) is 9. The molecule has 0 unspecified atom stereocenters. The number of aromatic nitrogens is 1. The first-order valence-corrected chi connectivity index (χ1v) is 20.6. The number of carbonyl (C=O) groups is 8. The van der Waals surface area contributed by atoms with E-state index in [0.717, 1.165) is 27.2 Å². The minimum atomic E-state index is -1.35. The number of para-hydroxylation sites is 1. The lowest BCUT2D eigenvalue weighted by molar-refractivity contribution is -0.133. The molecule has 13 N–H and O–H groups in total. The van der Waals surface area contributed by atoms with E-state index in [4.69, 9.17) is 11.5 Å². The topological polar surface area (TPSA) is 313 Å². The summed E-state index contributed by atoms with van der Waals surface area (Å²) in [6.07, 6.45) is 1.77. The molecular weight excluding hydrogens is 813 g/mol. The van der Waals surface area contributed by atoms with Crippen molar-refractivity contribution in [3.63, 3.8) is 0 Å². The van der Waals surface area contributed by atoms with E-state index in [9.17, 15) is 38.4 Å². The van der Waals surface area contributed by atoms with E-state index in [2.05, 4.69) is 52.5 Å². The molecule has 3 aromatic carbocycles. The summed E-state index contributed by atoms with van der Waals surface area (Å²) >= 11 is 0. The minimum Gasteiger partial charge on any atom is -0.370 e. The van der Waals surface area contributed by atoms with Crippen LogP contribution < -0.4 is 54.0 Å². The van der Waals surface area contributed by atoms with E-state index in [0.29, 0.717) is 12.0 Å². The first-order chi connectivity index (χ1) is 30.2. The van der Waals surface area contributed by atoms with Gasteiger partial charge in [-0.25, -0.2) is 0 Å². The molecule has 1 saturated heterocycles. The van der Waals surface area contributed by atoms with Gasteiger partial charge in [-0.3, -0.25) is 43.3 Å². The van der Waals surface area contributed by atoms with Gasteiger partial charge in [-0.15, -0.1) is 0 Å². The highest BCUT2D eigenvalue weighted by molar-refractivity contribution is 5.96. The zero-order chi connectivity index (χ0) is 45.3. The molecule has 4 aromatic rings. The second-order valence-corrected chi connectivity index (χ2v) is 15.1. The Labute approximate surface area is 362 Å². The number of benzene rings is 3. The highest BCUT2D eigenvalue weighted by Crippen LogP contribution is 2.20. The van der Waals surface area contributed by atoms with Crippen LogP contribution >= 0.6 is 0 Å². The summed E-state index contributed by atoms with van der Waals surface area (Å²) in [6.45, 7) is 0.186. The molecule has 20 nitrogen and oxygen atoms in total. The molecule has 1 aliphatic heterocycles. The van der Waals surface area contributed by atoms with Gasteiger partial charge in [0.2, 0.25) is 47.3 Å². The van der Waals surface area contributed by atoms with Crippen LogP contribution in [-0.4, -0.2) is 115 Å². The molecule has 20 heteroatoms. The van der Waals surface area contributed by atoms with Crippen LogP contribution in [0.15, 0.2) is 77.9 Å². The van der Waals surface area contributed by atoms with Crippen LogP contribution in [0.2, 0.25) is 0 Å². The maximum absolute atomic E-state index is 13.8. The van der Waals surface area contributed by atoms with Gasteiger partial charge in [0, 0.05) is 62.9 Å². The Morgan fingerprint density at radius 2 is 1.41 bits per heavy atom. The number of rotatable bonds is 11. The van der Waals surface area contributed by atoms with Crippen LogP contribution in [0.25, 0.3) is 21.7 Å². The van der Waals surface area contributed by atoms with Crippen LogP contribution in [-0.2, 0) is 51.2 Å². The third-order valence-corrected chi connectivity index (χ3v) is 10.2. The second-order valence-electron chi connectivity index (χ2n) is 15.1. The lowest BCUT2D eigenvalue weighted by Gasteiger charge is -2.23. The molecule has 1 fully saturated rings. The largest absolute Gasteiger partial charge is 0.370 e. The fourth-order valence-corrected chi connectivity index (χ4v) is 7.05. The third-order valence-electron chi connectivity index (χ3n) is 10.2. The molecule has 1 aromatic heterocycles. The highest BCUT2D eigenvalue weighted by atomic mass is 16.2. The normalized spacial score (nSPS) is 19.2. The van der Waals surface area contributed by atoms with Crippen molar-refractivity contribution in [3.8, 4) is 0 Å². The average Bonchev–Trinajstić information content (AvgIpc) is 3.67. The van der Waals surface area contributed by atoms with E-state index in [1.165, 1.54) is 6.92 Å². The Hall–Kier alpha value is -7.51. The Balaban J connectivity index is 1.36. The molecule has 0 spiro atoms.